The van der Waals surface area contributed by atoms with Gasteiger partial charge in [0.2, 0.25) is 0 Å². The molecule has 0 atom stereocenters. The molecule has 2 aromatic heterocycles. The molecular weight excluding hydrogens is 148 g/mol. The Morgan fingerprint density at radius 2 is 1.92 bits per heavy atom. The van der Waals surface area contributed by atoms with Crippen molar-refractivity contribution in [3.8, 4) is 0 Å². The molecule has 0 aliphatic carbocycles. The molecule has 0 radical (unpaired) electrons. The van der Waals surface area contributed by atoms with Gasteiger partial charge in [-0.1, -0.05) is 0 Å². The third kappa shape index (κ3) is 0.916. The minimum absolute atomic E-state index is 1.07. The molecule has 0 saturated heterocycles. The van der Waals surface area contributed by atoms with Crippen LogP contribution in [0, 0.1) is 20.8 Å². The van der Waals surface area contributed by atoms with Gasteiger partial charge in [0.25, 0.3) is 0 Å². The maximum Gasteiger partial charge on any atom is 0.0679 e. The van der Waals surface area contributed by atoms with Crippen LogP contribution in [-0.2, 0) is 0 Å². The third-order valence-corrected chi connectivity index (χ3v) is 2.13. The number of hydrogen-bond donors (Lipinski definition) is 0. The Morgan fingerprint density at radius 3 is 2.67 bits per heavy atom. The molecule has 0 amide bonds. The molecular formula is C10H12N2. The summed E-state index contributed by atoms with van der Waals surface area (Å²) in [6.45, 7) is 6.20. The maximum absolute atomic E-state index is 4.41. The second kappa shape index (κ2) is 2.34. The Balaban J connectivity index is 2.92. The molecule has 12 heavy (non-hydrogen) atoms. The van der Waals surface area contributed by atoms with Crippen LogP contribution in [0.5, 0.6) is 0 Å². The molecule has 0 unspecified atom stereocenters. The van der Waals surface area contributed by atoms with Crippen molar-refractivity contribution in [1.82, 2.24) is 9.61 Å². The molecule has 0 aromatic carbocycles. The number of fused-ring (bicyclic) bond motifs is 1. The van der Waals surface area contributed by atoms with Crippen LogP contribution in [0.25, 0.3) is 5.52 Å². The van der Waals surface area contributed by atoms with E-state index >= 15 is 0 Å². The summed E-state index contributed by atoms with van der Waals surface area (Å²) in [5, 5.41) is 4.41. The average Bonchev–Trinajstić information content (AvgIpc) is 2.33. The van der Waals surface area contributed by atoms with E-state index in [0.717, 1.165) is 5.69 Å². The second-order valence-electron chi connectivity index (χ2n) is 3.24. The highest BCUT2D eigenvalue weighted by Crippen LogP contribution is 2.13. The maximum atomic E-state index is 4.41. The van der Waals surface area contributed by atoms with Gasteiger partial charge in [-0.05, 0) is 44.5 Å². The predicted octanol–water partition coefficient (Wildman–Crippen LogP) is 2.26. The molecule has 0 saturated carbocycles. The summed E-state index contributed by atoms with van der Waals surface area (Å²) in [7, 11) is 0. The van der Waals surface area contributed by atoms with Gasteiger partial charge in [0.15, 0.2) is 0 Å². The minimum atomic E-state index is 1.07. The van der Waals surface area contributed by atoms with Gasteiger partial charge in [-0.15, -0.1) is 0 Å². The summed E-state index contributed by atoms with van der Waals surface area (Å²) >= 11 is 0. The predicted molar refractivity (Wildman–Crippen MR) is 49.4 cm³/mol. The van der Waals surface area contributed by atoms with Crippen LogP contribution in [0.1, 0.15) is 17.0 Å². The van der Waals surface area contributed by atoms with Crippen LogP contribution in [0.3, 0.4) is 0 Å². The summed E-state index contributed by atoms with van der Waals surface area (Å²) in [5.41, 5.74) is 4.75. The average molecular weight is 160 g/mol. The lowest BCUT2D eigenvalue weighted by Gasteiger charge is -2.01. The highest BCUT2D eigenvalue weighted by Gasteiger charge is 2.01. The molecule has 2 rings (SSSR count). The zero-order valence-electron chi connectivity index (χ0n) is 7.63. The standard InChI is InChI=1S/C10H12N2/c1-7-6-8(2)11-12-9(3)4-5-10(7)12/h4-6H,1-3H3. The minimum Gasteiger partial charge on any atom is -0.238 e. The van der Waals surface area contributed by atoms with E-state index in [1.54, 1.807) is 0 Å². The molecule has 0 fully saturated rings. The van der Waals surface area contributed by atoms with Crippen LogP contribution in [-0.4, -0.2) is 9.61 Å². The Kier molecular flexibility index (Phi) is 1.43. The highest BCUT2D eigenvalue weighted by molar-refractivity contribution is 5.55. The largest absolute Gasteiger partial charge is 0.238 e. The van der Waals surface area contributed by atoms with Crippen molar-refractivity contribution in [3.63, 3.8) is 0 Å². The normalized spacial score (nSPS) is 10.9. The second-order valence-corrected chi connectivity index (χ2v) is 3.24. The fraction of sp³-hybridized carbons (Fsp3) is 0.300. The molecule has 2 nitrogen and oxygen atoms in total. The van der Waals surface area contributed by atoms with E-state index in [-0.39, 0.29) is 0 Å². The lowest BCUT2D eigenvalue weighted by molar-refractivity contribution is 0.867. The number of aryl methyl sites for hydroxylation is 3. The molecule has 62 valence electrons. The molecule has 0 aliphatic heterocycles. The molecule has 2 heterocycles. The quantitative estimate of drug-likeness (QED) is 0.577. The summed E-state index contributed by atoms with van der Waals surface area (Å²) < 4.78 is 1.99. The topological polar surface area (TPSA) is 17.3 Å². The molecule has 0 spiro atoms. The van der Waals surface area contributed by atoms with Gasteiger partial charge in [-0.25, -0.2) is 4.52 Å². The SMILES string of the molecule is Cc1cc(C)c2ccc(C)n2n1. The van der Waals surface area contributed by atoms with Gasteiger partial charge >= 0.3 is 0 Å². The first-order valence-electron chi connectivity index (χ1n) is 4.11. The van der Waals surface area contributed by atoms with E-state index < -0.39 is 0 Å². The van der Waals surface area contributed by atoms with E-state index in [1.165, 1.54) is 16.8 Å². The van der Waals surface area contributed by atoms with E-state index in [9.17, 15) is 0 Å². The van der Waals surface area contributed by atoms with Crippen molar-refractivity contribution in [3.05, 3.63) is 35.2 Å². The first kappa shape index (κ1) is 7.35. The van der Waals surface area contributed by atoms with E-state index in [0.29, 0.717) is 0 Å². The summed E-state index contributed by atoms with van der Waals surface area (Å²) in [5.74, 6) is 0. The van der Waals surface area contributed by atoms with Crippen LogP contribution < -0.4 is 0 Å². The first-order chi connectivity index (χ1) is 5.68. The van der Waals surface area contributed by atoms with Crippen molar-refractivity contribution >= 4 is 5.52 Å². The molecule has 2 heteroatoms. The van der Waals surface area contributed by atoms with Crippen LogP contribution >= 0.6 is 0 Å². The first-order valence-corrected chi connectivity index (χ1v) is 4.11. The van der Waals surface area contributed by atoms with Crippen LogP contribution in [0.4, 0.5) is 0 Å². The monoisotopic (exact) mass is 160 g/mol. The van der Waals surface area contributed by atoms with Gasteiger partial charge in [0, 0.05) is 5.69 Å². The van der Waals surface area contributed by atoms with Gasteiger partial charge < -0.3 is 0 Å². The fourth-order valence-electron chi connectivity index (χ4n) is 1.54. The summed E-state index contributed by atoms with van der Waals surface area (Å²) in [4.78, 5) is 0. The Bertz CT molecular complexity index is 427. The Hall–Kier alpha value is -1.31. The van der Waals surface area contributed by atoms with Crippen molar-refractivity contribution in [2.75, 3.05) is 0 Å². The van der Waals surface area contributed by atoms with Crippen molar-refractivity contribution in [2.45, 2.75) is 20.8 Å². The zero-order chi connectivity index (χ0) is 8.72. The van der Waals surface area contributed by atoms with Crippen molar-refractivity contribution in [2.24, 2.45) is 0 Å². The van der Waals surface area contributed by atoms with Gasteiger partial charge in [-0.3, -0.25) is 0 Å². The summed E-state index contributed by atoms with van der Waals surface area (Å²) in [6, 6.07) is 6.31. The fourth-order valence-corrected chi connectivity index (χ4v) is 1.54. The number of hydrogen-bond acceptors (Lipinski definition) is 1. The lowest BCUT2D eigenvalue weighted by atomic mass is 10.2. The number of nitrogens with zero attached hydrogens (tertiary/aromatic N) is 2. The van der Waals surface area contributed by atoms with Crippen molar-refractivity contribution < 1.29 is 0 Å². The lowest BCUT2D eigenvalue weighted by Crippen LogP contribution is -1.97. The molecule has 2 aromatic rings. The molecule has 0 bridgehead atoms. The highest BCUT2D eigenvalue weighted by atomic mass is 15.2. The van der Waals surface area contributed by atoms with Crippen LogP contribution in [0.15, 0.2) is 18.2 Å². The van der Waals surface area contributed by atoms with Crippen LogP contribution in [0.2, 0.25) is 0 Å². The number of rotatable bonds is 0. The molecule has 0 aliphatic rings. The Morgan fingerprint density at radius 1 is 1.17 bits per heavy atom. The van der Waals surface area contributed by atoms with E-state index in [1.807, 2.05) is 11.4 Å². The Labute approximate surface area is 71.8 Å². The van der Waals surface area contributed by atoms with Gasteiger partial charge in [0.05, 0.1) is 11.2 Å². The van der Waals surface area contributed by atoms with E-state index in [4.69, 9.17) is 0 Å². The molecule has 0 N–H and O–H groups in total. The van der Waals surface area contributed by atoms with Gasteiger partial charge in [0.1, 0.15) is 0 Å². The van der Waals surface area contributed by atoms with E-state index in [2.05, 4.69) is 37.1 Å². The summed E-state index contributed by atoms with van der Waals surface area (Å²) in [6.07, 6.45) is 0. The number of aromatic nitrogens is 2. The van der Waals surface area contributed by atoms with Gasteiger partial charge in [-0.2, -0.15) is 5.10 Å². The third-order valence-electron chi connectivity index (χ3n) is 2.13. The van der Waals surface area contributed by atoms with Crippen molar-refractivity contribution in [1.29, 1.82) is 0 Å². The smallest absolute Gasteiger partial charge is 0.0679 e. The zero-order valence-corrected chi connectivity index (χ0v) is 7.63.